The summed E-state index contributed by atoms with van der Waals surface area (Å²) in [5.74, 6) is 0.462. The Morgan fingerprint density at radius 2 is 1.56 bits per heavy atom. The van der Waals surface area contributed by atoms with Crippen LogP contribution in [-0.2, 0) is 14.3 Å². The van der Waals surface area contributed by atoms with E-state index in [1.165, 1.54) is 11.8 Å². The monoisotopic (exact) mass is 449 g/mol. The van der Waals surface area contributed by atoms with Gasteiger partial charge in [-0.05, 0) is 30.2 Å². The van der Waals surface area contributed by atoms with E-state index in [1.54, 1.807) is 25.1 Å². The highest BCUT2D eigenvalue weighted by atomic mass is 32.2. The van der Waals surface area contributed by atoms with Gasteiger partial charge in [0.15, 0.2) is 17.6 Å². The quantitative estimate of drug-likeness (QED) is 0.498. The van der Waals surface area contributed by atoms with Gasteiger partial charge in [-0.15, -0.1) is 11.8 Å². The molecule has 3 aromatic rings. The van der Waals surface area contributed by atoms with Crippen molar-refractivity contribution in [1.82, 2.24) is 0 Å². The van der Waals surface area contributed by atoms with E-state index in [1.807, 2.05) is 60.7 Å². The van der Waals surface area contributed by atoms with Crippen molar-refractivity contribution < 1.29 is 23.8 Å². The van der Waals surface area contributed by atoms with E-state index in [9.17, 15) is 9.59 Å². The van der Waals surface area contributed by atoms with Crippen LogP contribution in [0.5, 0.6) is 11.5 Å². The van der Waals surface area contributed by atoms with E-state index in [0.717, 1.165) is 11.1 Å². The van der Waals surface area contributed by atoms with Crippen LogP contribution in [0.2, 0.25) is 0 Å². The Kier molecular flexibility index (Phi) is 6.97. The molecule has 1 unspecified atom stereocenters. The van der Waals surface area contributed by atoms with E-state index >= 15 is 0 Å². The number of carbonyl (C=O) groups excluding carboxylic acids is 2. The molecule has 0 spiro atoms. The maximum atomic E-state index is 12.5. The SMILES string of the molecule is CC(OC(=O)CSC(c1ccccc1)c1ccccc1)C(=O)Nc1ccc2c(c1)OCO2. The lowest BCUT2D eigenvalue weighted by Crippen LogP contribution is -2.30. The van der Waals surface area contributed by atoms with E-state index in [0.29, 0.717) is 17.2 Å². The molecular weight excluding hydrogens is 426 g/mol. The Labute approximate surface area is 190 Å². The van der Waals surface area contributed by atoms with Crippen molar-refractivity contribution in [3.8, 4) is 11.5 Å². The predicted octanol–water partition coefficient (Wildman–Crippen LogP) is 4.81. The van der Waals surface area contributed by atoms with Crippen molar-refractivity contribution in [1.29, 1.82) is 0 Å². The third kappa shape index (κ3) is 5.42. The minimum absolute atomic E-state index is 0.0114. The summed E-state index contributed by atoms with van der Waals surface area (Å²) in [7, 11) is 0. The molecule has 1 aliphatic rings. The third-order valence-corrected chi connectivity index (χ3v) is 6.17. The molecule has 0 bridgehead atoms. The molecule has 0 fully saturated rings. The molecule has 7 heteroatoms. The highest BCUT2D eigenvalue weighted by molar-refractivity contribution is 8.00. The Morgan fingerprint density at radius 1 is 0.938 bits per heavy atom. The molecule has 1 amide bonds. The number of hydrogen-bond donors (Lipinski definition) is 1. The van der Waals surface area contributed by atoms with Crippen LogP contribution in [0.3, 0.4) is 0 Å². The third-order valence-electron chi connectivity index (χ3n) is 4.89. The van der Waals surface area contributed by atoms with Gasteiger partial charge in [-0.1, -0.05) is 60.7 Å². The number of benzene rings is 3. The molecule has 1 aliphatic heterocycles. The molecule has 4 rings (SSSR count). The first-order valence-corrected chi connectivity index (χ1v) is 11.3. The van der Waals surface area contributed by atoms with Crippen molar-refractivity contribution in [2.45, 2.75) is 18.3 Å². The summed E-state index contributed by atoms with van der Waals surface area (Å²) >= 11 is 1.47. The fraction of sp³-hybridized carbons (Fsp3) is 0.200. The summed E-state index contributed by atoms with van der Waals surface area (Å²) in [6.07, 6.45) is -0.930. The van der Waals surface area contributed by atoms with E-state index in [4.69, 9.17) is 14.2 Å². The molecule has 1 atom stereocenters. The topological polar surface area (TPSA) is 73.9 Å². The lowest BCUT2D eigenvalue weighted by atomic mass is 10.0. The fourth-order valence-electron chi connectivity index (χ4n) is 3.29. The number of carbonyl (C=O) groups is 2. The molecule has 0 aromatic heterocycles. The summed E-state index contributed by atoms with van der Waals surface area (Å²) in [5.41, 5.74) is 2.75. The summed E-state index contributed by atoms with van der Waals surface area (Å²) in [5, 5.41) is 2.72. The normalized spacial score (nSPS) is 12.9. The van der Waals surface area contributed by atoms with Crippen LogP contribution >= 0.6 is 11.8 Å². The fourth-order valence-corrected chi connectivity index (χ4v) is 4.36. The molecule has 6 nitrogen and oxygen atoms in total. The smallest absolute Gasteiger partial charge is 0.316 e. The number of amides is 1. The van der Waals surface area contributed by atoms with Crippen molar-refractivity contribution in [2.75, 3.05) is 17.9 Å². The van der Waals surface area contributed by atoms with Gasteiger partial charge in [0.1, 0.15) is 0 Å². The molecule has 32 heavy (non-hydrogen) atoms. The Morgan fingerprint density at radius 3 is 2.22 bits per heavy atom. The Hall–Kier alpha value is -3.45. The number of hydrogen-bond acceptors (Lipinski definition) is 6. The van der Waals surface area contributed by atoms with Crippen LogP contribution in [0, 0.1) is 0 Å². The zero-order valence-electron chi connectivity index (χ0n) is 17.5. The standard InChI is InChI=1S/C25H23NO5S/c1-17(25(28)26-20-12-13-21-22(14-20)30-16-29-21)31-23(27)15-32-24(18-8-4-2-5-9-18)19-10-6-3-7-11-19/h2-14,17,24H,15-16H2,1H3,(H,26,28). The van der Waals surface area contributed by atoms with Crippen LogP contribution < -0.4 is 14.8 Å². The molecule has 0 saturated carbocycles. The van der Waals surface area contributed by atoms with Crippen molar-refractivity contribution >= 4 is 29.3 Å². The molecule has 164 valence electrons. The first-order valence-electron chi connectivity index (χ1n) is 10.2. The molecule has 0 saturated heterocycles. The second-order valence-electron chi connectivity index (χ2n) is 7.20. The lowest BCUT2D eigenvalue weighted by molar-refractivity contribution is -0.150. The van der Waals surface area contributed by atoms with Crippen LogP contribution in [-0.4, -0.2) is 30.5 Å². The van der Waals surface area contributed by atoms with Crippen LogP contribution in [0.25, 0.3) is 0 Å². The van der Waals surface area contributed by atoms with Gasteiger partial charge in [0.2, 0.25) is 6.79 Å². The number of rotatable bonds is 8. The maximum Gasteiger partial charge on any atom is 0.316 e. The lowest BCUT2D eigenvalue weighted by Gasteiger charge is -2.18. The van der Waals surface area contributed by atoms with Gasteiger partial charge in [-0.2, -0.15) is 0 Å². The number of ether oxygens (including phenoxy) is 3. The van der Waals surface area contributed by atoms with Crippen LogP contribution in [0.1, 0.15) is 23.3 Å². The molecule has 1 heterocycles. The van der Waals surface area contributed by atoms with Crippen molar-refractivity contribution in [2.24, 2.45) is 0 Å². The Bertz CT molecular complexity index is 1030. The van der Waals surface area contributed by atoms with Gasteiger partial charge in [-0.25, -0.2) is 0 Å². The molecule has 0 aliphatic carbocycles. The minimum Gasteiger partial charge on any atom is -0.454 e. The summed E-state index contributed by atoms with van der Waals surface area (Å²) in [6.45, 7) is 1.71. The number of fused-ring (bicyclic) bond motifs is 1. The second-order valence-corrected chi connectivity index (χ2v) is 8.30. The van der Waals surface area contributed by atoms with E-state index in [-0.39, 0.29) is 17.8 Å². The molecule has 0 radical (unpaired) electrons. The van der Waals surface area contributed by atoms with Crippen molar-refractivity contribution in [3.05, 3.63) is 90.0 Å². The van der Waals surface area contributed by atoms with Crippen LogP contribution in [0.15, 0.2) is 78.9 Å². The Balaban J connectivity index is 1.33. The first kappa shape index (κ1) is 21.8. The average Bonchev–Trinajstić information content (AvgIpc) is 3.28. The molecular formula is C25H23NO5S. The number of esters is 1. The zero-order chi connectivity index (χ0) is 22.3. The molecule has 1 N–H and O–H groups in total. The summed E-state index contributed by atoms with van der Waals surface area (Å²) < 4.78 is 15.9. The number of nitrogens with one attached hydrogen (secondary N) is 1. The summed E-state index contributed by atoms with van der Waals surface area (Å²) in [4.78, 5) is 24.9. The second kappa shape index (κ2) is 10.2. The average molecular weight is 450 g/mol. The first-order chi connectivity index (χ1) is 15.6. The summed E-state index contributed by atoms with van der Waals surface area (Å²) in [6, 6.07) is 25.1. The van der Waals surface area contributed by atoms with Gasteiger partial charge < -0.3 is 19.5 Å². The highest BCUT2D eigenvalue weighted by Crippen LogP contribution is 2.36. The van der Waals surface area contributed by atoms with E-state index in [2.05, 4.69) is 5.32 Å². The predicted molar refractivity (Wildman–Crippen MR) is 124 cm³/mol. The van der Waals surface area contributed by atoms with Crippen LogP contribution in [0.4, 0.5) is 5.69 Å². The zero-order valence-corrected chi connectivity index (χ0v) is 18.3. The molecule has 3 aromatic carbocycles. The largest absolute Gasteiger partial charge is 0.454 e. The maximum absolute atomic E-state index is 12.5. The van der Waals surface area contributed by atoms with Gasteiger partial charge in [0.25, 0.3) is 5.91 Å². The van der Waals surface area contributed by atoms with E-state index < -0.39 is 18.0 Å². The number of thioether (sulfide) groups is 1. The highest BCUT2D eigenvalue weighted by Gasteiger charge is 2.22. The van der Waals surface area contributed by atoms with Gasteiger partial charge in [-0.3, -0.25) is 9.59 Å². The number of anilines is 1. The van der Waals surface area contributed by atoms with Gasteiger partial charge in [0.05, 0.1) is 11.0 Å². The van der Waals surface area contributed by atoms with Gasteiger partial charge in [0, 0.05) is 11.8 Å². The minimum atomic E-state index is -0.930. The van der Waals surface area contributed by atoms with Gasteiger partial charge >= 0.3 is 5.97 Å². The van der Waals surface area contributed by atoms with Crippen molar-refractivity contribution in [3.63, 3.8) is 0 Å².